The van der Waals surface area contributed by atoms with Crippen molar-refractivity contribution in [1.29, 1.82) is 0 Å². The highest BCUT2D eigenvalue weighted by Gasteiger charge is 2.29. The molecule has 3 aromatic heterocycles. The van der Waals surface area contributed by atoms with Gasteiger partial charge in [0, 0.05) is 9.75 Å². The first-order chi connectivity index (χ1) is 21.4. The van der Waals surface area contributed by atoms with E-state index < -0.39 is 23.8 Å². The second-order valence-corrected chi connectivity index (χ2v) is 13.3. The maximum atomic E-state index is 13.4. The van der Waals surface area contributed by atoms with Crippen LogP contribution in [0, 0.1) is 0 Å². The normalized spacial score (nSPS) is 14.4. The van der Waals surface area contributed by atoms with Gasteiger partial charge in [0.05, 0.1) is 24.3 Å². The minimum atomic E-state index is -0.521. The number of carbonyl (C=O) groups is 4. The number of amides is 2. The van der Waals surface area contributed by atoms with Gasteiger partial charge in [-0.15, -0.1) is 22.7 Å². The summed E-state index contributed by atoms with van der Waals surface area (Å²) >= 11 is 2.83. The fourth-order valence-corrected chi connectivity index (χ4v) is 8.19. The summed E-state index contributed by atoms with van der Waals surface area (Å²) in [6.07, 6.45) is 10.9. The maximum absolute atomic E-state index is 13.4. The third-order valence-electron chi connectivity index (χ3n) is 7.79. The maximum Gasteiger partial charge on any atom is 0.341 e. The first-order valence-corrected chi connectivity index (χ1v) is 17.3. The average molecular weight is 638 g/mol. The fourth-order valence-electron chi connectivity index (χ4n) is 5.65. The van der Waals surface area contributed by atoms with Crippen molar-refractivity contribution in [2.75, 3.05) is 23.8 Å². The van der Waals surface area contributed by atoms with Crippen LogP contribution in [0.15, 0.2) is 18.2 Å². The molecular weight excluding hydrogens is 599 g/mol. The molecule has 0 radical (unpaired) electrons. The van der Waals surface area contributed by atoms with Gasteiger partial charge in [0.15, 0.2) is 0 Å². The van der Waals surface area contributed by atoms with Gasteiger partial charge in [-0.3, -0.25) is 9.59 Å². The van der Waals surface area contributed by atoms with Crippen LogP contribution in [0.1, 0.15) is 128 Å². The van der Waals surface area contributed by atoms with E-state index in [1.165, 1.54) is 34.8 Å². The Morgan fingerprint density at radius 1 is 0.682 bits per heavy atom. The monoisotopic (exact) mass is 637 g/mol. The molecule has 2 amide bonds. The van der Waals surface area contributed by atoms with E-state index in [1.54, 1.807) is 6.07 Å². The lowest BCUT2D eigenvalue weighted by atomic mass is 10.1. The molecule has 3 heterocycles. The lowest BCUT2D eigenvalue weighted by Gasteiger charge is -2.10. The third-order valence-corrected chi connectivity index (χ3v) is 10.2. The zero-order valence-electron chi connectivity index (χ0n) is 25.3. The Balaban J connectivity index is 1.37. The van der Waals surface area contributed by atoms with Crippen LogP contribution in [0.4, 0.5) is 10.0 Å². The van der Waals surface area contributed by atoms with Gasteiger partial charge in [0.25, 0.3) is 11.8 Å². The number of anilines is 2. The van der Waals surface area contributed by atoms with Gasteiger partial charge in [-0.25, -0.2) is 14.6 Å². The molecule has 2 N–H and O–H groups in total. The molecule has 11 heteroatoms. The van der Waals surface area contributed by atoms with E-state index in [4.69, 9.17) is 9.47 Å². The molecule has 0 saturated heterocycles. The molecule has 3 aromatic rings. The molecule has 234 valence electrons. The van der Waals surface area contributed by atoms with E-state index in [9.17, 15) is 19.2 Å². The third kappa shape index (κ3) is 7.21. The molecule has 44 heavy (non-hydrogen) atoms. The van der Waals surface area contributed by atoms with Crippen LogP contribution in [0.5, 0.6) is 0 Å². The number of hydrogen-bond acceptors (Lipinski definition) is 9. The lowest BCUT2D eigenvalue weighted by Crippen LogP contribution is -2.20. The number of carbonyl (C=O) groups excluding carboxylic acids is 4. The number of rotatable bonds is 10. The van der Waals surface area contributed by atoms with Gasteiger partial charge in [-0.1, -0.05) is 32.8 Å². The molecule has 5 rings (SSSR count). The molecule has 0 aliphatic heterocycles. The Morgan fingerprint density at radius 3 is 1.55 bits per heavy atom. The number of aryl methyl sites for hydroxylation is 2. The Hall–Kier alpha value is -3.57. The fraction of sp³-hybridized carbons (Fsp3) is 0.485. The van der Waals surface area contributed by atoms with Crippen molar-refractivity contribution in [2.24, 2.45) is 0 Å². The Morgan fingerprint density at radius 2 is 1.11 bits per heavy atom. The summed E-state index contributed by atoms with van der Waals surface area (Å²) in [5.41, 5.74) is 2.88. The van der Waals surface area contributed by atoms with E-state index in [0.29, 0.717) is 47.2 Å². The second-order valence-electron chi connectivity index (χ2n) is 11.1. The van der Waals surface area contributed by atoms with Gasteiger partial charge in [0.1, 0.15) is 21.4 Å². The van der Waals surface area contributed by atoms with Crippen LogP contribution in [-0.2, 0) is 35.2 Å². The summed E-state index contributed by atoms with van der Waals surface area (Å²) in [4.78, 5) is 59.5. The lowest BCUT2D eigenvalue weighted by molar-refractivity contribution is 0.0496. The van der Waals surface area contributed by atoms with Crippen molar-refractivity contribution in [3.8, 4) is 0 Å². The van der Waals surface area contributed by atoms with Crippen LogP contribution in [0.3, 0.4) is 0 Å². The molecule has 2 aliphatic carbocycles. The second kappa shape index (κ2) is 14.9. The van der Waals surface area contributed by atoms with Gasteiger partial charge in [0.2, 0.25) is 0 Å². The van der Waals surface area contributed by atoms with Crippen molar-refractivity contribution >= 4 is 56.4 Å². The van der Waals surface area contributed by atoms with E-state index in [1.807, 2.05) is 13.8 Å². The number of fused-ring (bicyclic) bond motifs is 2. The Bertz CT molecular complexity index is 1430. The highest BCUT2D eigenvalue weighted by molar-refractivity contribution is 7.17. The summed E-state index contributed by atoms with van der Waals surface area (Å²) in [6, 6.07) is 4.65. The molecule has 0 bridgehead atoms. The number of hydrogen-bond donors (Lipinski definition) is 2. The predicted molar refractivity (Wildman–Crippen MR) is 172 cm³/mol. The van der Waals surface area contributed by atoms with Crippen molar-refractivity contribution < 1.29 is 28.7 Å². The van der Waals surface area contributed by atoms with Gasteiger partial charge in [-0.05, 0) is 87.5 Å². The van der Waals surface area contributed by atoms with Crippen LogP contribution in [0.2, 0.25) is 0 Å². The average Bonchev–Trinajstić information content (AvgIpc) is 3.31. The van der Waals surface area contributed by atoms with Crippen molar-refractivity contribution in [2.45, 2.75) is 90.9 Å². The molecule has 0 aromatic carbocycles. The molecule has 0 saturated carbocycles. The SMILES string of the molecule is CCCOC(=O)c1c(NC(=O)c2cccc(C(=O)Nc3sc4c(c3C(=O)OCCC)CCCCC4)n2)sc2c1CCCCC2. The zero-order chi connectivity index (χ0) is 31.1. The smallest absolute Gasteiger partial charge is 0.341 e. The van der Waals surface area contributed by atoms with Crippen LogP contribution in [0.25, 0.3) is 0 Å². The highest BCUT2D eigenvalue weighted by atomic mass is 32.1. The first kappa shape index (κ1) is 31.8. The number of pyridine rings is 1. The number of nitrogens with zero attached hydrogens (tertiary/aromatic N) is 1. The quantitative estimate of drug-likeness (QED) is 0.176. The van der Waals surface area contributed by atoms with Crippen LogP contribution in [-0.4, -0.2) is 42.0 Å². The van der Waals surface area contributed by atoms with E-state index >= 15 is 0 Å². The molecule has 0 fully saturated rings. The Kier molecular flexibility index (Phi) is 10.8. The summed E-state index contributed by atoms with van der Waals surface area (Å²) in [5.74, 6) is -1.89. The Labute approximate surface area is 265 Å². The number of thiophene rings is 2. The topological polar surface area (TPSA) is 124 Å². The number of ether oxygens (including phenoxy) is 2. The van der Waals surface area contributed by atoms with Gasteiger partial charge < -0.3 is 20.1 Å². The molecular formula is C33H39N3O6S2. The molecule has 0 atom stereocenters. The van der Waals surface area contributed by atoms with Crippen molar-refractivity contribution in [3.05, 3.63) is 61.6 Å². The zero-order valence-corrected chi connectivity index (χ0v) is 27.0. The first-order valence-electron chi connectivity index (χ1n) is 15.6. The largest absolute Gasteiger partial charge is 0.462 e. The van der Waals surface area contributed by atoms with E-state index in [-0.39, 0.29) is 11.4 Å². The van der Waals surface area contributed by atoms with Gasteiger partial charge in [-0.2, -0.15) is 0 Å². The van der Waals surface area contributed by atoms with Gasteiger partial charge >= 0.3 is 11.9 Å². The molecule has 0 spiro atoms. The van der Waals surface area contributed by atoms with E-state index in [2.05, 4.69) is 15.6 Å². The standard InChI is InChI=1S/C33H39N3O6S2/c1-3-18-41-32(39)26-20-12-7-5-9-16-24(20)43-30(26)35-28(37)22-14-11-15-23(34-22)29(38)36-31-27(33(40)42-19-4-2)21-13-8-6-10-17-25(21)44-31/h11,14-15H,3-10,12-13,16-19H2,1-2H3,(H,35,37)(H,36,38). The molecule has 0 unspecified atom stereocenters. The molecule has 2 aliphatic rings. The minimum Gasteiger partial charge on any atom is -0.462 e. The highest BCUT2D eigenvalue weighted by Crippen LogP contribution is 2.39. The summed E-state index contributed by atoms with van der Waals surface area (Å²) in [5, 5.41) is 6.68. The number of nitrogens with one attached hydrogen (secondary N) is 2. The number of aromatic nitrogens is 1. The van der Waals surface area contributed by atoms with Crippen molar-refractivity contribution in [1.82, 2.24) is 4.98 Å². The summed E-state index contributed by atoms with van der Waals surface area (Å²) < 4.78 is 11.0. The van der Waals surface area contributed by atoms with Crippen LogP contribution < -0.4 is 10.6 Å². The summed E-state index contributed by atoms with van der Waals surface area (Å²) in [6.45, 7) is 4.49. The predicted octanol–water partition coefficient (Wildman–Crippen LogP) is 7.38. The summed E-state index contributed by atoms with van der Waals surface area (Å²) in [7, 11) is 0. The molecule has 9 nitrogen and oxygen atoms in total. The van der Waals surface area contributed by atoms with Crippen molar-refractivity contribution in [3.63, 3.8) is 0 Å². The van der Waals surface area contributed by atoms with Crippen LogP contribution >= 0.6 is 22.7 Å². The minimum absolute atomic E-state index is 0.0404. The number of esters is 2. The van der Waals surface area contributed by atoms with E-state index in [0.717, 1.165) is 85.1 Å².